The fourth-order valence-electron chi connectivity index (χ4n) is 2.66. The van der Waals surface area contributed by atoms with Gasteiger partial charge in [0.2, 0.25) is 11.8 Å². The monoisotopic (exact) mass is 438 g/mol. The third-order valence-corrected chi connectivity index (χ3v) is 4.95. The molecule has 1 aromatic carbocycles. The summed E-state index contributed by atoms with van der Waals surface area (Å²) in [7, 11) is 0. The molecule has 1 aliphatic heterocycles. The zero-order chi connectivity index (χ0) is 16.7. The van der Waals surface area contributed by atoms with E-state index < -0.39 is 5.92 Å². The van der Waals surface area contributed by atoms with Crippen molar-refractivity contribution in [3.63, 3.8) is 0 Å². The molecule has 118 valence electrons. The van der Waals surface area contributed by atoms with E-state index in [1.807, 2.05) is 6.92 Å². The van der Waals surface area contributed by atoms with Crippen LogP contribution in [0.1, 0.15) is 29.7 Å². The minimum Gasteiger partial charge on any atom is -0.506 e. The van der Waals surface area contributed by atoms with Gasteiger partial charge >= 0.3 is 0 Å². The number of nitrogens with two attached hydrogens (primary N) is 1. The summed E-state index contributed by atoms with van der Waals surface area (Å²) < 4.78 is 6.51. The van der Waals surface area contributed by atoms with Gasteiger partial charge in [-0.3, -0.25) is 5.10 Å². The zero-order valence-electron chi connectivity index (χ0n) is 12.0. The molecule has 0 saturated carbocycles. The molecule has 0 fully saturated rings. The van der Waals surface area contributed by atoms with E-state index >= 15 is 0 Å². The number of hydrogen-bond donors (Lipinski definition) is 3. The van der Waals surface area contributed by atoms with Crippen molar-refractivity contribution < 1.29 is 9.84 Å². The summed E-state index contributed by atoms with van der Waals surface area (Å²) in [5, 5.41) is 26.5. The SMILES string of the molecule is CCc1[nH]nc2c1[C@@H](c1cc(Br)c(O)c(Br)c1)C(C#N)=C(N)O2. The van der Waals surface area contributed by atoms with E-state index in [1.54, 1.807) is 12.1 Å². The number of nitriles is 1. The number of phenolic OH excluding ortho intramolecular Hbond substituents is 1. The first-order valence-corrected chi connectivity index (χ1v) is 8.39. The van der Waals surface area contributed by atoms with Gasteiger partial charge in [0.25, 0.3) is 0 Å². The maximum atomic E-state index is 9.92. The topological polar surface area (TPSA) is 108 Å². The summed E-state index contributed by atoms with van der Waals surface area (Å²) in [6.45, 7) is 1.99. The molecule has 0 saturated heterocycles. The first-order chi connectivity index (χ1) is 11.0. The Morgan fingerprint density at radius 3 is 2.65 bits per heavy atom. The van der Waals surface area contributed by atoms with Crippen molar-refractivity contribution in [1.82, 2.24) is 10.2 Å². The van der Waals surface area contributed by atoms with Crippen molar-refractivity contribution in [2.24, 2.45) is 5.73 Å². The number of aromatic amines is 1. The van der Waals surface area contributed by atoms with Crippen LogP contribution in [0.25, 0.3) is 0 Å². The summed E-state index contributed by atoms with van der Waals surface area (Å²) in [6.07, 6.45) is 0.710. The first kappa shape index (κ1) is 15.9. The van der Waals surface area contributed by atoms with Gasteiger partial charge in [0.05, 0.1) is 14.9 Å². The third kappa shape index (κ3) is 2.50. The molecule has 1 atom stereocenters. The number of hydrogen-bond acceptors (Lipinski definition) is 5. The van der Waals surface area contributed by atoms with Gasteiger partial charge in [-0.05, 0) is 56.0 Å². The van der Waals surface area contributed by atoms with E-state index in [0.29, 0.717) is 26.8 Å². The van der Waals surface area contributed by atoms with Gasteiger partial charge in [-0.2, -0.15) is 5.26 Å². The standard InChI is InChI=1S/C15H12Br2N4O2/c1-2-10-12-11(6-3-8(16)13(22)9(17)4-6)7(5-18)14(19)23-15(12)21-20-10/h3-4,11,22H,2,19H2,1H3,(H,20,21)/t11-/m0/s1. The predicted molar refractivity (Wildman–Crippen MR) is 90.8 cm³/mol. The number of nitrogens with one attached hydrogen (secondary N) is 1. The Bertz CT molecular complexity index is 844. The fourth-order valence-corrected chi connectivity index (χ4v) is 3.89. The number of H-pyrrole nitrogens is 1. The van der Waals surface area contributed by atoms with Crippen molar-refractivity contribution in [1.29, 1.82) is 5.26 Å². The Labute approximate surface area is 149 Å². The van der Waals surface area contributed by atoms with Crippen molar-refractivity contribution in [3.8, 4) is 17.7 Å². The van der Waals surface area contributed by atoms with Crippen LogP contribution in [0.5, 0.6) is 11.6 Å². The molecular formula is C15H12Br2N4O2. The minimum atomic E-state index is -0.411. The van der Waals surface area contributed by atoms with E-state index in [-0.39, 0.29) is 11.6 Å². The van der Waals surface area contributed by atoms with Gasteiger partial charge in [-0.15, -0.1) is 5.10 Å². The van der Waals surface area contributed by atoms with Crippen LogP contribution >= 0.6 is 31.9 Å². The summed E-state index contributed by atoms with van der Waals surface area (Å²) in [4.78, 5) is 0. The van der Waals surface area contributed by atoms with Crippen molar-refractivity contribution in [2.75, 3.05) is 0 Å². The highest BCUT2D eigenvalue weighted by molar-refractivity contribution is 9.11. The minimum absolute atomic E-state index is 0.0412. The number of fused-ring (bicyclic) bond motifs is 1. The molecule has 1 aliphatic rings. The highest BCUT2D eigenvalue weighted by atomic mass is 79.9. The Hall–Kier alpha value is -1.98. The second kappa shape index (κ2) is 5.91. The lowest BCUT2D eigenvalue weighted by Crippen LogP contribution is -2.21. The zero-order valence-corrected chi connectivity index (χ0v) is 15.2. The average Bonchev–Trinajstić information content (AvgIpc) is 2.93. The van der Waals surface area contributed by atoms with Gasteiger partial charge in [-0.25, -0.2) is 0 Å². The molecule has 0 aliphatic carbocycles. The third-order valence-electron chi connectivity index (χ3n) is 3.74. The lowest BCUT2D eigenvalue weighted by molar-refractivity contribution is 0.378. The number of halogens is 2. The fraction of sp³-hybridized carbons (Fsp3) is 0.200. The molecule has 23 heavy (non-hydrogen) atoms. The Morgan fingerprint density at radius 1 is 1.43 bits per heavy atom. The highest BCUT2D eigenvalue weighted by Crippen LogP contribution is 2.45. The average molecular weight is 440 g/mol. The molecule has 8 heteroatoms. The van der Waals surface area contributed by atoms with Crippen molar-refractivity contribution in [3.05, 3.63) is 49.4 Å². The second-order valence-corrected chi connectivity index (χ2v) is 6.74. The molecule has 6 nitrogen and oxygen atoms in total. The van der Waals surface area contributed by atoms with Gasteiger partial charge in [-0.1, -0.05) is 6.92 Å². The second-order valence-electron chi connectivity index (χ2n) is 5.03. The molecule has 2 heterocycles. The maximum Gasteiger partial charge on any atom is 0.244 e. The van der Waals surface area contributed by atoms with Gasteiger partial charge in [0.15, 0.2) is 0 Å². The number of aromatic hydroxyl groups is 1. The van der Waals surface area contributed by atoms with Crippen LogP contribution in [0.4, 0.5) is 0 Å². The summed E-state index contributed by atoms with van der Waals surface area (Å²) in [6, 6.07) is 5.65. The molecular weight excluding hydrogens is 428 g/mol. The van der Waals surface area contributed by atoms with Crippen LogP contribution < -0.4 is 10.5 Å². The molecule has 2 aromatic rings. The van der Waals surface area contributed by atoms with Crippen LogP contribution in [0, 0.1) is 11.3 Å². The quantitative estimate of drug-likeness (QED) is 0.664. The van der Waals surface area contributed by atoms with E-state index in [0.717, 1.165) is 16.8 Å². The summed E-state index contributed by atoms with van der Waals surface area (Å²) in [5.74, 6) is 0.105. The van der Waals surface area contributed by atoms with Crippen molar-refractivity contribution >= 4 is 31.9 Å². The van der Waals surface area contributed by atoms with Crippen LogP contribution in [-0.4, -0.2) is 15.3 Å². The van der Waals surface area contributed by atoms with Crippen LogP contribution in [0.2, 0.25) is 0 Å². The van der Waals surface area contributed by atoms with Crippen LogP contribution in [0.15, 0.2) is 32.5 Å². The van der Waals surface area contributed by atoms with E-state index in [4.69, 9.17) is 10.5 Å². The van der Waals surface area contributed by atoms with Crippen molar-refractivity contribution in [2.45, 2.75) is 19.3 Å². The number of ether oxygens (including phenoxy) is 1. The molecule has 1 aromatic heterocycles. The van der Waals surface area contributed by atoms with E-state index in [9.17, 15) is 10.4 Å². The molecule has 0 spiro atoms. The van der Waals surface area contributed by atoms with Crippen LogP contribution in [-0.2, 0) is 6.42 Å². The van der Waals surface area contributed by atoms with Gasteiger partial charge in [0, 0.05) is 11.3 Å². The lowest BCUT2D eigenvalue weighted by atomic mass is 9.83. The molecule has 3 rings (SSSR count). The van der Waals surface area contributed by atoms with Crippen LogP contribution in [0.3, 0.4) is 0 Å². The Morgan fingerprint density at radius 2 is 2.09 bits per heavy atom. The molecule has 0 bridgehead atoms. The van der Waals surface area contributed by atoms with E-state index in [1.165, 1.54) is 0 Å². The molecule has 0 radical (unpaired) electrons. The number of benzene rings is 1. The summed E-state index contributed by atoms with van der Waals surface area (Å²) in [5.41, 5.74) is 8.68. The normalized spacial score (nSPS) is 16.7. The maximum absolute atomic E-state index is 9.92. The smallest absolute Gasteiger partial charge is 0.244 e. The number of aryl methyl sites for hydroxylation is 1. The molecule has 0 unspecified atom stereocenters. The Balaban J connectivity index is 2.28. The van der Waals surface area contributed by atoms with Gasteiger partial charge in [0.1, 0.15) is 17.4 Å². The largest absolute Gasteiger partial charge is 0.506 e. The molecule has 4 N–H and O–H groups in total. The van der Waals surface area contributed by atoms with Gasteiger partial charge < -0.3 is 15.6 Å². The highest BCUT2D eigenvalue weighted by Gasteiger charge is 2.35. The number of allylic oxidation sites excluding steroid dienone is 1. The number of phenols is 1. The lowest BCUT2D eigenvalue weighted by Gasteiger charge is -2.24. The number of rotatable bonds is 2. The molecule has 0 amide bonds. The summed E-state index contributed by atoms with van der Waals surface area (Å²) >= 11 is 6.64. The predicted octanol–water partition coefficient (Wildman–Crippen LogP) is 3.42. The first-order valence-electron chi connectivity index (χ1n) is 6.80. The van der Waals surface area contributed by atoms with E-state index in [2.05, 4.69) is 48.1 Å². The Kier molecular flexibility index (Phi) is 4.08. The number of aromatic nitrogens is 2. The number of nitrogens with zero attached hydrogens (tertiary/aromatic N) is 2.